The van der Waals surface area contributed by atoms with Gasteiger partial charge < -0.3 is 14.2 Å². The first-order valence-electron chi connectivity index (χ1n) is 11.4. The van der Waals surface area contributed by atoms with Crippen LogP contribution < -0.4 is 4.74 Å². The van der Waals surface area contributed by atoms with Crippen LogP contribution in [0, 0.1) is 35.0 Å². The van der Waals surface area contributed by atoms with Crippen LogP contribution in [0.4, 0.5) is 22.0 Å². The van der Waals surface area contributed by atoms with Crippen LogP contribution >= 0.6 is 0 Å². The second-order valence-electron chi connectivity index (χ2n) is 8.56. The third kappa shape index (κ3) is 6.00. The molecule has 3 nitrogen and oxygen atoms in total. The van der Waals surface area contributed by atoms with Gasteiger partial charge >= 0.3 is 0 Å². The fourth-order valence-corrected chi connectivity index (χ4v) is 3.94. The van der Waals surface area contributed by atoms with Gasteiger partial charge in [-0.3, -0.25) is 0 Å². The highest BCUT2D eigenvalue weighted by Crippen LogP contribution is 2.32. The largest absolute Gasteiger partial charge is 0.483 e. The maximum absolute atomic E-state index is 14.6. The van der Waals surface area contributed by atoms with Crippen molar-refractivity contribution in [2.24, 2.45) is 5.92 Å². The predicted octanol–water partition coefficient (Wildman–Crippen LogP) is 7.48. The van der Waals surface area contributed by atoms with Crippen LogP contribution in [-0.2, 0) is 16.1 Å². The molecule has 0 unspecified atom stereocenters. The molecule has 35 heavy (non-hydrogen) atoms. The van der Waals surface area contributed by atoms with E-state index in [1.807, 2.05) is 0 Å². The van der Waals surface area contributed by atoms with Gasteiger partial charge in [-0.15, -0.1) is 0 Å². The number of ether oxygens (including phenoxy) is 3. The van der Waals surface area contributed by atoms with Gasteiger partial charge in [0.05, 0.1) is 13.2 Å². The number of halogens is 5. The summed E-state index contributed by atoms with van der Waals surface area (Å²) in [5, 5.41) is 0. The van der Waals surface area contributed by atoms with Crippen molar-refractivity contribution in [1.82, 2.24) is 0 Å². The average molecular weight is 492 g/mol. The Kier molecular flexibility index (Phi) is 8.03. The zero-order valence-electron chi connectivity index (χ0n) is 19.1. The summed E-state index contributed by atoms with van der Waals surface area (Å²) in [6, 6.07) is 10.6. The quantitative estimate of drug-likeness (QED) is 0.241. The Morgan fingerprint density at radius 2 is 1.40 bits per heavy atom. The van der Waals surface area contributed by atoms with Crippen LogP contribution in [0.25, 0.3) is 11.1 Å². The lowest BCUT2D eigenvalue weighted by Crippen LogP contribution is -2.27. The van der Waals surface area contributed by atoms with Gasteiger partial charge in [0.25, 0.3) is 0 Å². The Balaban J connectivity index is 1.42. The molecule has 0 bridgehead atoms. The molecule has 0 saturated carbocycles. The minimum atomic E-state index is -1.63. The topological polar surface area (TPSA) is 27.7 Å². The van der Waals surface area contributed by atoms with Gasteiger partial charge in [0.1, 0.15) is 6.61 Å². The lowest BCUT2D eigenvalue weighted by Gasteiger charge is -2.29. The molecule has 8 heteroatoms. The molecule has 0 aliphatic carbocycles. The van der Waals surface area contributed by atoms with Crippen LogP contribution in [0.5, 0.6) is 5.75 Å². The molecule has 3 aromatic rings. The Morgan fingerprint density at radius 3 is 1.97 bits per heavy atom. The summed E-state index contributed by atoms with van der Waals surface area (Å²) in [6.07, 6.45) is 2.85. The predicted molar refractivity (Wildman–Crippen MR) is 120 cm³/mol. The maximum Gasteiger partial charge on any atom is 0.194 e. The second-order valence-corrected chi connectivity index (χ2v) is 8.56. The van der Waals surface area contributed by atoms with Crippen molar-refractivity contribution in [1.29, 1.82) is 0 Å². The van der Waals surface area contributed by atoms with Crippen molar-refractivity contribution in [3.05, 3.63) is 88.7 Å². The van der Waals surface area contributed by atoms with Crippen LogP contribution in [0.15, 0.2) is 48.5 Å². The molecule has 186 valence electrons. The number of hydrogen-bond donors (Lipinski definition) is 0. The molecule has 4 rings (SSSR count). The van der Waals surface area contributed by atoms with Crippen molar-refractivity contribution in [2.45, 2.75) is 39.1 Å². The minimum Gasteiger partial charge on any atom is -0.483 e. The Labute approximate surface area is 200 Å². The molecule has 0 amide bonds. The van der Waals surface area contributed by atoms with Crippen LogP contribution in [0.3, 0.4) is 0 Å². The highest BCUT2D eigenvalue weighted by Gasteiger charge is 2.23. The highest BCUT2D eigenvalue weighted by molar-refractivity contribution is 5.65. The van der Waals surface area contributed by atoms with E-state index >= 15 is 0 Å². The van der Waals surface area contributed by atoms with Gasteiger partial charge in [-0.25, -0.2) is 22.0 Å². The van der Waals surface area contributed by atoms with Crippen molar-refractivity contribution < 1.29 is 36.2 Å². The molecule has 0 spiro atoms. The van der Waals surface area contributed by atoms with Crippen molar-refractivity contribution in [3.63, 3.8) is 0 Å². The molecular weight excluding hydrogens is 467 g/mol. The minimum absolute atomic E-state index is 0.108. The Bertz CT molecular complexity index is 1110. The third-order valence-corrected chi connectivity index (χ3v) is 5.87. The normalized spacial score (nSPS) is 18.0. The summed E-state index contributed by atoms with van der Waals surface area (Å²) in [6.45, 7) is 2.85. The van der Waals surface area contributed by atoms with E-state index in [-0.39, 0.29) is 11.1 Å². The monoisotopic (exact) mass is 492 g/mol. The molecule has 1 heterocycles. The molecule has 0 N–H and O–H groups in total. The van der Waals surface area contributed by atoms with Crippen LogP contribution in [0.1, 0.15) is 43.6 Å². The molecular formula is C27H25F5O3. The lowest BCUT2D eigenvalue weighted by atomic mass is 10.0. The second kappa shape index (κ2) is 11.2. The van der Waals surface area contributed by atoms with Gasteiger partial charge in [0, 0.05) is 11.5 Å². The molecule has 1 aliphatic heterocycles. The van der Waals surface area contributed by atoms with E-state index in [2.05, 4.69) is 6.92 Å². The van der Waals surface area contributed by atoms with Gasteiger partial charge in [-0.05, 0) is 47.4 Å². The fraction of sp³-hybridized carbons (Fsp3) is 0.333. The zero-order valence-corrected chi connectivity index (χ0v) is 19.1. The van der Waals surface area contributed by atoms with Crippen LogP contribution in [-0.4, -0.2) is 13.2 Å². The standard InChI is InChI=1S/C27H25F5O3/c1-2-3-4-16-13-34-27(35-14-16)19-7-5-18(6-8-19)20-11-23(30)26(24(31)12-20)33-15-17-9-21(28)25(32)22(29)10-17/h5-12,16,27H,2-4,13-15H2,1H3. The van der Waals surface area contributed by atoms with Crippen molar-refractivity contribution in [3.8, 4) is 16.9 Å². The van der Waals surface area contributed by atoms with Gasteiger partial charge in [0.2, 0.25) is 0 Å². The van der Waals surface area contributed by atoms with Crippen LogP contribution in [0.2, 0.25) is 0 Å². The van der Waals surface area contributed by atoms with E-state index in [0.29, 0.717) is 36.8 Å². The first kappa shape index (κ1) is 25.1. The van der Waals surface area contributed by atoms with Crippen molar-refractivity contribution >= 4 is 0 Å². The summed E-state index contributed by atoms with van der Waals surface area (Å²) >= 11 is 0. The average Bonchev–Trinajstić information content (AvgIpc) is 2.86. The number of benzene rings is 3. The van der Waals surface area contributed by atoms with E-state index in [9.17, 15) is 22.0 Å². The molecule has 1 saturated heterocycles. The van der Waals surface area contributed by atoms with Gasteiger partial charge in [-0.1, -0.05) is 44.0 Å². The highest BCUT2D eigenvalue weighted by atomic mass is 19.2. The van der Waals surface area contributed by atoms with E-state index in [0.717, 1.165) is 37.0 Å². The zero-order chi connectivity index (χ0) is 24.9. The Hall–Kier alpha value is -2.97. The third-order valence-electron chi connectivity index (χ3n) is 5.87. The lowest BCUT2D eigenvalue weighted by molar-refractivity contribution is -0.206. The van der Waals surface area contributed by atoms with E-state index in [4.69, 9.17) is 14.2 Å². The summed E-state index contributed by atoms with van der Waals surface area (Å²) < 4.78 is 85.7. The van der Waals surface area contributed by atoms with Gasteiger partial charge in [-0.2, -0.15) is 0 Å². The maximum atomic E-state index is 14.6. The van der Waals surface area contributed by atoms with Crippen molar-refractivity contribution in [2.75, 3.05) is 13.2 Å². The number of rotatable bonds is 8. The summed E-state index contributed by atoms with van der Waals surface area (Å²) in [7, 11) is 0. The SMILES string of the molecule is CCCCC1COC(c2ccc(-c3cc(F)c(OCc4cc(F)c(F)c(F)c4)c(F)c3)cc2)OC1. The summed E-state index contributed by atoms with van der Waals surface area (Å²) in [5.41, 5.74) is 1.55. The van der Waals surface area contributed by atoms with Gasteiger partial charge in [0.15, 0.2) is 41.1 Å². The fourth-order valence-electron chi connectivity index (χ4n) is 3.94. The Morgan fingerprint density at radius 1 is 0.800 bits per heavy atom. The number of unbranched alkanes of at least 4 members (excludes halogenated alkanes) is 1. The summed E-state index contributed by atoms with van der Waals surface area (Å²) in [5.74, 6) is -6.73. The van der Waals surface area contributed by atoms with E-state index in [1.165, 1.54) is 0 Å². The molecule has 0 radical (unpaired) electrons. The smallest absolute Gasteiger partial charge is 0.194 e. The molecule has 1 aliphatic rings. The molecule has 3 aromatic carbocycles. The summed E-state index contributed by atoms with van der Waals surface area (Å²) in [4.78, 5) is 0. The molecule has 0 aromatic heterocycles. The van der Waals surface area contributed by atoms with E-state index in [1.54, 1.807) is 24.3 Å². The van der Waals surface area contributed by atoms with E-state index < -0.39 is 47.7 Å². The first-order valence-corrected chi connectivity index (χ1v) is 11.4. The molecule has 0 atom stereocenters. The first-order chi connectivity index (χ1) is 16.9. The molecule has 1 fully saturated rings. The number of hydrogen-bond acceptors (Lipinski definition) is 3.